The first-order valence-electron chi connectivity index (χ1n) is 10.1. The average Bonchev–Trinajstić information content (AvgIpc) is 2.72. The van der Waals surface area contributed by atoms with Crippen molar-refractivity contribution in [3.8, 4) is 0 Å². The third kappa shape index (κ3) is 4.87. The number of benzene rings is 2. The molecule has 0 bridgehead atoms. The maximum Gasteiger partial charge on any atom is 0.243 e. The van der Waals surface area contributed by atoms with Crippen LogP contribution in [0.1, 0.15) is 37.3 Å². The SMILES string of the molecule is CCCC[C@H]1[C@H](S(=O)c2ccc(C)cc2)C=CCN1S(=O)(=O)c1ccc(C)cc1. The van der Waals surface area contributed by atoms with Crippen molar-refractivity contribution in [3.05, 3.63) is 71.8 Å². The van der Waals surface area contributed by atoms with Gasteiger partial charge in [0.05, 0.1) is 20.9 Å². The Hall–Kier alpha value is -1.76. The van der Waals surface area contributed by atoms with Crippen LogP contribution in [0, 0.1) is 13.8 Å². The lowest BCUT2D eigenvalue weighted by Crippen LogP contribution is -2.50. The third-order valence-electron chi connectivity index (χ3n) is 5.34. The molecule has 0 aromatic heterocycles. The molecule has 3 atom stereocenters. The van der Waals surface area contributed by atoms with Crippen LogP contribution in [0.15, 0.2) is 70.5 Å². The molecule has 3 rings (SSSR count). The van der Waals surface area contributed by atoms with E-state index in [-0.39, 0.29) is 11.3 Å². The Morgan fingerprint density at radius 3 is 2.17 bits per heavy atom. The quantitative estimate of drug-likeness (QED) is 0.602. The fourth-order valence-corrected chi connectivity index (χ4v) is 6.86. The Kier molecular flexibility index (Phi) is 7.09. The molecule has 2 aromatic rings. The molecule has 0 saturated carbocycles. The molecular weight excluding hydrogens is 402 g/mol. The summed E-state index contributed by atoms with van der Waals surface area (Å²) in [6.07, 6.45) is 6.32. The van der Waals surface area contributed by atoms with Gasteiger partial charge in [0, 0.05) is 17.5 Å². The van der Waals surface area contributed by atoms with Crippen molar-refractivity contribution < 1.29 is 12.6 Å². The minimum absolute atomic E-state index is 0.291. The molecule has 0 saturated heterocycles. The highest BCUT2D eigenvalue weighted by Gasteiger charge is 2.39. The van der Waals surface area contributed by atoms with Crippen molar-refractivity contribution in [2.45, 2.75) is 61.1 Å². The smallest absolute Gasteiger partial charge is 0.243 e. The van der Waals surface area contributed by atoms with E-state index in [4.69, 9.17) is 0 Å². The van der Waals surface area contributed by atoms with Crippen LogP contribution in [0.5, 0.6) is 0 Å². The van der Waals surface area contributed by atoms with Crippen molar-refractivity contribution in [1.29, 1.82) is 0 Å². The second kappa shape index (κ2) is 9.37. The maximum absolute atomic E-state index is 13.4. The van der Waals surface area contributed by atoms with E-state index in [1.54, 1.807) is 16.4 Å². The fourth-order valence-electron chi connectivity index (χ4n) is 3.61. The van der Waals surface area contributed by atoms with Crippen molar-refractivity contribution in [2.75, 3.05) is 6.54 Å². The molecule has 29 heavy (non-hydrogen) atoms. The first-order chi connectivity index (χ1) is 13.8. The van der Waals surface area contributed by atoms with E-state index >= 15 is 0 Å². The highest BCUT2D eigenvalue weighted by molar-refractivity contribution is 7.89. The summed E-state index contributed by atoms with van der Waals surface area (Å²) in [5.74, 6) is 0. The summed E-state index contributed by atoms with van der Waals surface area (Å²) < 4.78 is 41.8. The lowest BCUT2D eigenvalue weighted by atomic mass is 10.0. The number of hydrogen-bond donors (Lipinski definition) is 0. The molecule has 0 amide bonds. The standard InChI is InChI=1S/C23H29NO3S2/c1-4-5-7-22-23(28(25)20-13-9-18(2)10-14-20)8-6-17-24(22)29(26,27)21-15-11-19(3)12-16-21/h6,8-16,22-23H,4-5,7,17H2,1-3H3/t22-,23+,28?/m0/s1. The Balaban J connectivity index is 1.97. The largest absolute Gasteiger partial charge is 0.254 e. The van der Waals surface area contributed by atoms with Crippen LogP contribution in [0.3, 0.4) is 0 Å². The summed E-state index contributed by atoms with van der Waals surface area (Å²) in [6, 6.07) is 14.3. The van der Waals surface area contributed by atoms with Crippen molar-refractivity contribution in [1.82, 2.24) is 4.31 Å². The van der Waals surface area contributed by atoms with Gasteiger partial charge < -0.3 is 0 Å². The fraction of sp³-hybridized carbons (Fsp3) is 0.391. The van der Waals surface area contributed by atoms with Crippen molar-refractivity contribution >= 4 is 20.8 Å². The summed E-state index contributed by atoms with van der Waals surface area (Å²) in [6.45, 7) is 6.33. The van der Waals surface area contributed by atoms with Gasteiger partial charge in [-0.3, -0.25) is 4.21 Å². The van der Waals surface area contributed by atoms with Gasteiger partial charge in [-0.15, -0.1) is 0 Å². The molecular formula is C23H29NO3S2. The number of sulfonamides is 1. The highest BCUT2D eigenvalue weighted by Crippen LogP contribution is 2.30. The molecule has 1 heterocycles. The maximum atomic E-state index is 13.4. The normalized spacial score (nSPS) is 21.2. The van der Waals surface area contributed by atoms with Crippen LogP contribution in [-0.2, 0) is 20.8 Å². The Labute approximate surface area is 177 Å². The first kappa shape index (κ1) is 21.9. The molecule has 0 radical (unpaired) electrons. The zero-order chi connectivity index (χ0) is 21.0. The van der Waals surface area contributed by atoms with Crippen molar-refractivity contribution in [3.63, 3.8) is 0 Å². The van der Waals surface area contributed by atoms with E-state index in [0.29, 0.717) is 17.9 Å². The second-order valence-electron chi connectivity index (χ2n) is 7.60. The predicted octanol–water partition coefficient (Wildman–Crippen LogP) is 4.60. The molecule has 156 valence electrons. The number of rotatable bonds is 7. The minimum atomic E-state index is -3.67. The second-order valence-corrected chi connectivity index (χ2v) is 11.1. The summed E-state index contributed by atoms with van der Waals surface area (Å²) in [5.41, 5.74) is 2.12. The molecule has 0 spiro atoms. The molecule has 1 aliphatic heterocycles. The molecule has 0 N–H and O–H groups in total. The number of nitrogens with zero attached hydrogens (tertiary/aromatic N) is 1. The Morgan fingerprint density at radius 2 is 1.59 bits per heavy atom. The van der Waals surface area contributed by atoms with E-state index < -0.39 is 20.8 Å². The summed E-state index contributed by atoms with van der Waals surface area (Å²) in [5, 5.41) is -0.363. The molecule has 0 aliphatic carbocycles. The molecule has 6 heteroatoms. The number of unbranched alkanes of at least 4 members (excludes halogenated alkanes) is 1. The lowest BCUT2D eigenvalue weighted by Gasteiger charge is -2.37. The van der Waals surface area contributed by atoms with Gasteiger partial charge in [-0.05, 0) is 44.5 Å². The van der Waals surface area contributed by atoms with Gasteiger partial charge in [-0.2, -0.15) is 4.31 Å². The van der Waals surface area contributed by atoms with E-state index in [1.165, 1.54) is 0 Å². The van der Waals surface area contributed by atoms with Gasteiger partial charge in [0.25, 0.3) is 0 Å². The van der Waals surface area contributed by atoms with Gasteiger partial charge in [0.2, 0.25) is 10.0 Å². The summed E-state index contributed by atoms with van der Waals surface area (Å²) >= 11 is 0. The van der Waals surface area contributed by atoms with Crippen molar-refractivity contribution in [2.24, 2.45) is 0 Å². The lowest BCUT2D eigenvalue weighted by molar-refractivity contribution is 0.314. The van der Waals surface area contributed by atoms with Gasteiger partial charge in [-0.25, -0.2) is 8.42 Å². The van der Waals surface area contributed by atoms with E-state index in [2.05, 4.69) is 6.92 Å². The monoisotopic (exact) mass is 431 g/mol. The molecule has 4 nitrogen and oxygen atoms in total. The van der Waals surface area contributed by atoms with Crippen LogP contribution in [-0.4, -0.2) is 34.8 Å². The zero-order valence-corrected chi connectivity index (χ0v) is 18.9. The van der Waals surface area contributed by atoms with E-state index in [1.807, 2.05) is 62.4 Å². The number of aryl methyl sites for hydroxylation is 2. The third-order valence-corrected chi connectivity index (χ3v) is 8.95. The van der Waals surface area contributed by atoms with Crippen LogP contribution >= 0.6 is 0 Å². The van der Waals surface area contributed by atoms with Crippen LogP contribution in [0.25, 0.3) is 0 Å². The van der Waals surface area contributed by atoms with Crippen LogP contribution in [0.2, 0.25) is 0 Å². The molecule has 1 unspecified atom stereocenters. The van der Waals surface area contributed by atoms with Gasteiger partial charge in [0.1, 0.15) is 0 Å². The van der Waals surface area contributed by atoms with Crippen LogP contribution < -0.4 is 0 Å². The molecule has 2 aromatic carbocycles. The summed E-state index contributed by atoms with van der Waals surface area (Å²) in [7, 11) is -4.99. The average molecular weight is 432 g/mol. The first-order valence-corrected chi connectivity index (χ1v) is 12.7. The Morgan fingerprint density at radius 1 is 1.00 bits per heavy atom. The van der Waals surface area contributed by atoms with Crippen LogP contribution in [0.4, 0.5) is 0 Å². The van der Waals surface area contributed by atoms with Gasteiger partial charge in [-0.1, -0.05) is 67.3 Å². The van der Waals surface area contributed by atoms with Gasteiger partial charge in [0.15, 0.2) is 0 Å². The predicted molar refractivity (Wildman–Crippen MR) is 119 cm³/mol. The zero-order valence-electron chi connectivity index (χ0n) is 17.2. The molecule has 1 aliphatic rings. The molecule has 0 fully saturated rings. The van der Waals surface area contributed by atoms with E-state index in [9.17, 15) is 12.6 Å². The topological polar surface area (TPSA) is 54.5 Å². The van der Waals surface area contributed by atoms with Gasteiger partial charge >= 0.3 is 0 Å². The highest BCUT2D eigenvalue weighted by atomic mass is 32.2. The minimum Gasteiger partial charge on any atom is -0.254 e. The number of hydrogen-bond acceptors (Lipinski definition) is 3. The van der Waals surface area contributed by atoms with E-state index in [0.717, 1.165) is 28.9 Å². The Bertz CT molecular complexity index is 980. The summed E-state index contributed by atoms with van der Waals surface area (Å²) in [4.78, 5) is 1.03.